The van der Waals surface area contributed by atoms with Crippen molar-refractivity contribution >= 4 is 33.2 Å². The van der Waals surface area contributed by atoms with Gasteiger partial charge in [0.1, 0.15) is 11.8 Å². The number of carbonyl (C=O) groups is 1. The highest BCUT2D eigenvalue weighted by molar-refractivity contribution is 9.10. The molecule has 1 heterocycles. The minimum absolute atomic E-state index is 0.0836. The van der Waals surface area contributed by atoms with E-state index in [4.69, 9.17) is 5.26 Å². The van der Waals surface area contributed by atoms with E-state index in [9.17, 15) is 28.1 Å². The monoisotopic (exact) mass is 417 g/mol. The van der Waals surface area contributed by atoms with Crippen molar-refractivity contribution in [1.29, 1.82) is 5.26 Å². The zero-order valence-electron chi connectivity index (χ0n) is 12.3. The smallest absolute Gasteiger partial charge is 0.319 e. The number of hydrogen-bond acceptors (Lipinski definition) is 5. The number of nitro groups is 1. The number of nitriles is 1. The molecule has 1 aromatic carbocycles. The molecule has 2 aromatic rings. The molecular formula is C13H7BrF3N5O3. The third-order valence-corrected chi connectivity index (χ3v) is 3.81. The quantitative estimate of drug-likeness (QED) is 0.608. The Morgan fingerprint density at radius 1 is 1.48 bits per heavy atom. The number of aryl methyl sites for hydroxylation is 1. The number of nitro benzene ring substituents is 1. The number of nitrogens with zero attached hydrogens (tertiary/aromatic N) is 4. The van der Waals surface area contributed by atoms with E-state index in [0.717, 1.165) is 29.9 Å². The lowest BCUT2D eigenvalue weighted by atomic mass is 10.1. The fourth-order valence-corrected chi connectivity index (χ4v) is 2.70. The van der Waals surface area contributed by atoms with Crippen LogP contribution in [0.5, 0.6) is 0 Å². The van der Waals surface area contributed by atoms with Gasteiger partial charge in [0.25, 0.3) is 11.6 Å². The van der Waals surface area contributed by atoms with Crippen molar-refractivity contribution in [2.24, 2.45) is 7.05 Å². The Hall–Kier alpha value is -2.94. The van der Waals surface area contributed by atoms with Crippen molar-refractivity contribution in [2.45, 2.75) is 6.18 Å². The molecule has 2 rings (SSSR count). The van der Waals surface area contributed by atoms with Crippen LogP contribution in [0, 0.1) is 21.4 Å². The van der Waals surface area contributed by atoms with Crippen LogP contribution < -0.4 is 5.32 Å². The molecule has 130 valence electrons. The Morgan fingerprint density at radius 3 is 2.60 bits per heavy atom. The van der Waals surface area contributed by atoms with E-state index in [1.165, 1.54) is 0 Å². The lowest BCUT2D eigenvalue weighted by molar-refractivity contribution is -0.384. The summed E-state index contributed by atoms with van der Waals surface area (Å²) in [4.78, 5) is 22.2. The first kappa shape index (κ1) is 18.4. The van der Waals surface area contributed by atoms with Gasteiger partial charge in [-0.2, -0.15) is 23.5 Å². The molecule has 1 amide bonds. The van der Waals surface area contributed by atoms with Crippen molar-refractivity contribution in [2.75, 3.05) is 5.32 Å². The second kappa shape index (κ2) is 6.52. The van der Waals surface area contributed by atoms with Gasteiger partial charge in [0.2, 0.25) is 0 Å². The van der Waals surface area contributed by atoms with Crippen LogP contribution in [0.15, 0.2) is 22.7 Å². The third kappa shape index (κ3) is 3.61. The number of anilines is 1. The summed E-state index contributed by atoms with van der Waals surface area (Å²) in [5, 5.41) is 25.2. The second-order valence-electron chi connectivity index (χ2n) is 4.69. The number of halogens is 4. The molecule has 0 radical (unpaired) electrons. The number of non-ortho nitro benzene ring substituents is 1. The molecule has 0 saturated carbocycles. The summed E-state index contributed by atoms with van der Waals surface area (Å²) >= 11 is 2.70. The molecule has 0 aliphatic rings. The molecule has 0 spiro atoms. The van der Waals surface area contributed by atoms with Crippen molar-refractivity contribution in [3.8, 4) is 6.07 Å². The standard InChI is InChI=1S/C13H7BrF3N5O3/c1-21-10(9(14)11(20-21)13(15,16)17)12(23)19-8-3-2-7(22(24)25)4-6(8)5-18/h2-4H,1H3,(H,19,23). The van der Waals surface area contributed by atoms with Crippen LogP contribution in [0.3, 0.4) is 0 Å². The summed E-state index contributed by atoms with van der Waals surface area (Å²) in [6.45, 7) is 0. The maximum absolute atomic E-state index is 12.8. The Bertz CT molecular complexity index is 917. The molecule has 1 N–H and O–H groups in total. The predicted octanol–water partition coefficient (Wildman–Crippen LogP) is 3.23. The van der Waals surface area contributed by atoms with Crippen LogP contribution in [-0.2, 0) is 13.2 Å². The molecule has 0 aliphatic heterocycles. The van der Waals surface area contributed by atoms with E-state index in [2.05, 4.69) is 26.3 Å². The third-order valence-electron chi connectivity index (χ3n) is 3.06. The van der Waals surface area contributed by atoms with Crippen LogP contribution in [0.1, 0.15) is 21.7 Å². The highest BCUT2D eigenvalue weighted by atomic mass is 79.9. The first-order chi connectivity index (χ1) is 11.6. The van der Waals surface area contributed by atoms with Gasteiger partial charge in [-0.05, 0) is 22.0 Å². The van der Waals surface area contributed by atoms with Crippen molar-refractivity contribution in [3.05, 3.63) is 49.7 Å². The Morgan fingerprint density at radius 2 is 2.12 bits per heavy atom. The van der Waals surface area contributed by atoms with Crippen LogP contribution in [-0.4, -0.2) is 20.6 Å². The van der Waals surface area contributed by atoms with Gasteiger partial charge in [-0.1, -0.05) is 0 Å². The van der Waals surface area contributed by atoms with Gasteiger partial charge in [-0.3, -0.25) is 19.6 Å². The summed E-state index contributed by atoms with van der Waals surface area (Å²) in [5.74, 6) is -0.970. The Balaban J connectivity index is 2.40. The number of aromatic nitrogens is 2. The van der Waals surface area contributed by atoms with Gasteiger partial charge >= 0.3 is 6.18 Å². The normalized spacial score (nSPS) is 11.0. The molecular weight excluding hydrogens is 411 g/mol. The molecule has 0 fully saturated rings. The molecule has 0 saturated heterocycles. The molecule has 25 heavy (non-hydrogen) atoms. The van der Waals surface area contributed by atoms with E-state index in [1.54, 1.807) is 6.07 Å². The van der Waals surface area contributed by atoms with E-state index in [-0.39, 0.29) is 16.9 Å². The predicted molar refractivity (Wildman–Crippen MR) is 81.7 cm³/mol. The van der Waals surface area contributed by atoms with E-state index >= 15 is 0 Å². The number of hydrogen-bond donors (Lipinski definition) is 1. The largest absolute Gasteiger partial charge is 0.436 e. The van der Waals surface area contributed by atoms with Gasteiger partial charge in [-0.15, -0.1) is 0 Å². The molecule has 0 unspecified atom stereocenters. The number of carbonyl (C=O) groups excluding carboxylic acids is 1. The topological polar surface area (TPSA) is 114 Å². The summed E-state index contributed by atoms with van der Waals surface area (Å²) < 4.78 is 38.7. The Kier molecular flexibility index (Phi) is 4.80. The average Bonchev–Trinajstić information content (AvgIpc) is 2.82. The molecule has 1 aromatic heterocycles. The average molecular weight is 418 g/mol. The first-order valence-corrected chi connectivity index (χ1v) is 7.15. The van der Waals surface area contributed by atoms with Gasteiger partial charge < -0.3 is 5.32 Å². The van der Waals surface area contributed by atoms with Crippen molar-refractivity contribution in [3.63, 3.8) is 0 Å². The van der Waals surface area contributed by atoms with E-state index in [0.29, 0.717) is 0 Å². The minimum Gasteiger partial charge on any atom is -0.319 e. The number of benzene rings is 1. The molecule has 8 nitrogen and oxygen atoms in total. The highest BCUT2D eigenvalue weighted by Gasteiger charge is 2.39. The maximum atomic E-state index is 12.8. The van der Waals surface area contributed by atoms with Crippen LogP contribution in [0.2, 0.25) is 0 Å². The number of amides is 1. The fraction of sp³-hybridized carbons (Fsp3) is 0.154. The minimum atomic E-state index is -4.76. The second-order valence-corrected chi connectivity index (χ2v) is 5.48. The van der Waals surface area contributed by atoms with Crippen molar-refractivity contribution in [1.82, 2.24) is 9.78 Å². The lowest BCUT2D eigenvalue weighted by Gasteiger charge is -2.07. The van der Waals surface area contributed by atoms with E-state index < -0.39 is 32.9 Å². The molecule has 0 atom stereocenters. The fourth-order valence-electron chi connectivity index (χ4n) is 1.95. The van der Waals surface area contributed by atoms with Crippen LogP contribution in [0.4, 0.5) is 24.5 Å². The summed E-state index contributed by atoms with van der Waals surface area (Å²) in [7, 11) is 1.15. The number of nitrogens with one attached hydrogen (secondary N) is 1. The van der Waals surface area contributed by atoms with Crippen LogP contribution in [0.25, 0.3) is 0 Å². The van der Waals surface area contributed by atoms with Crippen molar-refractivity contribution < 1.29 is 22.9 Å². The van der Waals surface area contributed by atoms with Gasteiger partial charge in [0, 0.05) is 19.2 Å². The first-order valence-electron chi connectivity index (χ1n) is 6.35. The summed E-state index contributed by atoms with van der Waals surface area (Å²) in [6.07, 6.45) is -4.76. The molecule has 12 heteroatoms. The zero-order chi connectivity index (χ0) is 18.9. The van der Waals surface area contributed by atoms with Gasteiger partial charge in [0.15, 0.2) is 5.69 Å². The maximum Gasteiger partial charge on any atom is 0.436 e. The highest BCUT2D eigenvalue weighted by Crippen LogP contribution is 2.36. The number of alkyl halides is 3. The zero-order valence-corrected chi connectivity index (χ0v) is 13.8. The molecule has 0 bridgehead atoms. The lowest BCUT2D eigenvalue weighted by Crippen LogP contribution is -2.17. The number of rotatable bonds is 3. The van der Waals surface area contributed by atoms with Gasteiger partial charge in [0.05, 0.1) is 20.6 Å². The SMILES string of the molecule is Cn1nc(C(F)(F)F)c(Br)c1C(=O)Nc1ccc([N+](=O)[O-])cc1C#N. The van der Waals surface area contributed by atoms with Gasteiger partial charge in [-0.25, -0.2) is 0 Å². The van der Waals surface area contributed by atoms with E-state index in [1.807, 2.05) is 0 Å². The summed E-state index contributed by atoms with van der Waals surface area (Å²) in [5.41, 5.74) is -2.36. The summed E-state index contributed by atoms with van der Waals surface area (Å²) in [6, 6.07) is 4.78. The Labute approximate surface area is 146 Å². The molecule has 0 aliphatic carbocycles. The van der Waals surface area contributed by atoms with Crippen LogP contribution >= 0.6 is 15.9 Å².